The number of sulfonamides is 1. The minimum Gasteiger partial charge on any atom is -0.444 e. The molecule has 2 saturated carbocycles. The lowest BCUT2D eigenvalue weighted by molar-refractivity contribution is -0.141. The number of ether oxygens (including phenoxy) is 1. The van der Waals surface area contributed by atoms with Crippen molar-refractivity contribution in [3.8, 4) is 0 Å². The Morgan fingerprint density at radius 1 is 0.931 bits per heavy atom. The van der Waals surface area contributed by atoms with Gasteiger partial charge in [-0.05, 0) is 74.7 Å². The zero-order valence-electron chi connectivity index (χ0n) is 34.9. The van der Waals surface area contributed by atoms with Gasteiger partial charge in [-0.3, -0.25) is 19.1 Å². The smallest absolute Gasteiger partial charge is 0.408 e. The molecule has 1 heterocycles. The van der Waals surface area contributed by atoms with Crippen molar-refractivity contribution >= 4 is 52.5 Å². The van der Waals surface area contributed by atoms with Gasteiger partial charge < -0.3 is 24.7 Å². The highest BCUT2D eigenvalue weighted by atomic mass is 32.2. The van der Waals surface area contributed by atoms with Crippen LogP contribution in [0.1, 0.15) is 99.3 Å². The molecule has 316 valence electrons. The van der Waals surface area contributed by atoms with Crippen LogP contribution in [0.5, 0.6) is 0 Å². The van der Waals surface area contributed by atoms with E-state index in [1.807, 2.05) is 42.5 Å². The molecule has 5 rings (SSSR count). The van der Waals surface area contributed by atoms with Gasteiger partial charge in [0, 0.05) is 18.9 Å². The summed E-state index contributed by atoms with van der Waals surface area (Å²) in [5, 5.41) is 6.70. The van der Waals surface area contributed by atoms with Crippen molar-refractivity contribution in [2.75, 3.05) is 6.54 Å². The predicted molar refractivity (Wildman–Crippen MR) is 228 cm³/mol. The maximum Gasteiger partial charge on any atom is 0.408 e. The van der Waals surface area contributed by atoms with Crippen LogP contribution in [0.2, 0.25) is 5.04 Å². The first-order valence-electron chi connectivity index (χ1n) is 20.5. The number of alkyl carbamates (subject to hydrolysis) is 1. The van der Waals surface area contributed by atoms with E-state index in [4.69, 9.17) is 9.16 Å². The highest BCUT2D eigenvalue weighted by Crippen LogP contribution is 2.46. The lowest BCUT2D eigenvalue weighted by Gasteiger charge is -2.44. The van der Waals surface area contributed by atoms with Crippen molar-refractivity contribution < 1.29 is 36.8 Å². The summed E-state index contributed by atoms with van der Waals surface area (Å²) in [6.45, 7) is 19.3. The third-order valence-electron chi connectivity index (χ3n) is 11.2. The standard InChI is InChI=1S/C44H62N4O8SSi/c1-9-11-12-13-20-25-36(45-41(52)55-42(3,4)5)39(50)48-30-32(56-58(43(6,7)8,34-21-16-14-17-22-34)35-23-18-15-19-24-35)28-37(48)38(49)46-44(29-31(44)10-2)40(51)47-57(53,54)33-26-27-33/h9-10,14-19,21-24,31-33,36-37H,1-2,11-13,20,25-30H2,3-8H3,(H,45,52)(H,46,49)(H,47,51)/t31?,32-,36+,37+,44-/m1/s1. The van der Waals surface area contributed by atoms with Gasteiger partial charge >= 0.3 is 6.09 Å². The Kier molecular flexibility index (Phi) is 13.8. The van der Waals surface area contributed by atoms with Crippen LogP contribution in [0.15, 0.2) is 86.0 Å². The summed E-state index contributed by atoms with van der Waals surface area (Å²) in [6.07, 6.45) is 6.55. The molecule has 2 aromatic carbocycles. The molecule has 1 aliphatic heterocycles. The third kappa shape index (κ3) is 10.3. The fourth-order valence-corrected chi connectivity index (χ4v) is 14.1. The van der Waals surface area contributed by atoms with Gasteiger partial charge in [-0.15, -0.1) is 13.2 Å². The van der Waals surface area contributed by atoms with E-state index >= 15 is 0 Å². The number of unbranched alkanes of at least 4 members (excludes halogenated alkanes) is 3. The fourth-order valence-electron chi connectivity index (χ4n) is 8.06. The summed E-state index contributed by atoms with van der Waals surface area (Å²) >= 11 is 0. The van der Waals surface area contributed by atoms with Crippen LogP contribution in [0, 0.1) is 5.92 Å². The van der Waals surface area contributed by atoms with E-state index in [1.165, 1.54) is 11.0 Å². The third-order valence-corrected chi connectivity index (χ3v) is 18.2. The average Bonchev–Trinajstić information content (AvgIpc) is 4.09. The Morgan fingerprint density at radius 3 is 2.03 bits per heavy atom. The van der Waals surface area contributed by atoms with Crippen molar-refractivity contribution in [3.05, 3.63) is 86.0 Å². The molecular formula is C44H62N4O8SSi. The molecule has 2 aliphatic carbocycles. The van der Waals surface area contributed by atoms with Crippen LogP contribution in [0.3, 0.4) is 0 Å². The van der Waals surface area contributed by atoms with Crippen LogP contribution in [-0.4, -0.2) is 86.6 Å². The summed E-state index contributed by atoms with van der Waals surface area (Å²) in [6, 6.07) is 18.0. The zero-order valence-corrected chi connectivity index (χ0v) is 36.7. The number of benzene rings is 2. The second kappa shape index (κ2) is 17.9. The number of carbonyl (C=O) groups is 4. The first kappa shape index (κ1) is 44.8. The number of carbonyl (C=O) groups excluding carboxylic acids is 4. The number of rotatable bonds is 18. The summed E-state index contributed by atoms with van der Waals surface area (Å²) < 4.78 is 40.9. The Bertz CT molecular complexity index is 1890. The summed E-state index contributed by atoms with van der Waals surface area (Å²) in [5.41, 5.74) is -2.37. The minimum atomic E-state index is -3.91. The normalized spacial score (nSPS) is 22.7. The van der Waals surface area contributed by atoms with E-state index in [9.17, 15) is 27.6 Å². The molecule has 0 bridgehead atoms. The first-order valence-corrected chi connectivity index (χ1v) is 23.9. The highest BCUT2D eigenvalue weighted by Gasteiger charge is 2.62. The molecule has 3 aliphatic rings. The molecule has 4 amide bonds. The van der Waals surface area contributed by atoms with E-state index in [1.54, 1.807) is 20.8 Å². The largest absolute Gasteiger partial charge is 0.444 e. The molecule has 3 fully saturated rings. The Balaban J connectivity index is 1.52. The number of amides is 4. The van der Waals surface area contributed by atoms with Crippen molar-refractivity contribution in [2.45, 2.75) is 139 Å². The van der Waals surface area contributed by atoms with Gasteiger partial charge in [0.25, 0.3) is 14.2 Å². The number of nitrogens with zero attached hydrogens (tertiary/aromatic N) is 1. The quantitative estimate of drug-likeness (QED) is 0.105. The number of nitrogens with one attached hydrogen (secondary N) is 3. The van der Waals surface area contributed by atoms with Crippen molar-refractivity contribution in [1.29, 1.82) is 0 Å². The molecule has 0 aromatic heterocycles. The number of likely N-dealkylation sites (tertiary alicyclic amines) is 1. The van der Waals surface area contributed by atoms with Gasteiger partial charge in [0.15, 0.2) is 0 Å². The minimum absolute atomic E-state index is 0.0323. The predicted octanol–water partition coefficient (Wildman–Crippen LogP) is 5.23. The maximum atomic E-state index is 14.9. The average molecular weight is 835 g/mol. The van der Waals surface area contributed by atoms with E-state index in [0.29, 0.717) is 25.7 Å². The molecule has 2 aromatic rings. The molecule has 0 radical (unpaired) electrons. The highest BCUT2D eigenvalue weighted by molar-refractivity contribution is 7.91. The van der Waals surface area contributed by atoms with Gasteiger partial charge in [-0.25, -0.2) is 13.2 Å². The Morgan fingerprint density at radius 2 is 1.53 bits per heavy atom. The van der Waals surface area contributed by atoms with E-state index in [-0.39, 0.29) is 19.4 Å². The number of allylic oxidation sites excluding steroid dienone is 1. The van der Waals surface area contributed by atoms with Gasteiger partial charge in [0.1, 0.15) is 23.2 Å². The van der Waals surface area contributed by atoms with Crippen molar-refractivity contribution in [1.82, 2.24) is 20.3 Å². The molecule has 12 nitrogen and oxygen atoms in total. The van der Waals surface area contributed by atoms with Crippen LogP contribution >= 0.6 is 0 Å². The maximum absolute atomic E-state index is 14.9. The molecule has 1 unspecified atom stereocenters. The van der Waals surface area contributed by atoms with Crippen LogP contribution in [0.4, 0.5) is 4.79 Å². The molecule has 1 saturated heterocycles. The number of hydrogen-bond donors (Lipinski definition) is 3. The number of hydrogen-bond acceptors (Lipinski definition) is 8. The summed E-state index contributed by atoms with van der Waals surface area (Å²) in [5.74, 6) is -2.43. The first-order chi connectivity index (χ1) is 27.3. The van der Waals surface area contributed by atoms with E-state index in [0.717, 1.165) is 29.6 Å². The summed E-state index contributed by atoms with van der Waals surface area (Å²) in [4.78, 5) is 57.9. The van der Waals surface area contributed by atoms with Gasteiger partial charge in [-0.2, -0.15) is 0 Å². The van der Waals surface area contributed by atoms with E-state index in [2.05, 4.69) is 73.6 Å². The zero-order chi connectivity index (χ0) is 42.5. The monoisotopic (exact) mass is 834 g/mol. The van der Waals surface area contributed by atoms with Crippen LogP contribution < -0.4 is 25.7 Å². The second-order valence-electron chi connectivity index (χ2n) is 18.0. The lowest BCUT2D eigenvalue weighted by atomic mass is 10.0. The molecule has 14 heteroatoms. The molecule has 5 atom stereocenters. The molecule has 3 N–H and O–H groups in total. The van der Waals surface area contributed by atoms with Gasteiger partial charge in [-0.1, -0.05) is 106 Å². The van der Waals surface area contributed by atoms with Crippen molar-refractivity contribution in [3.63, 3.8) is 0 Å². The Labute approximate surface area is 345 Å². The molecular weight excluding hydrogens is 773 g/mol. The lowest BCUT2D eigenvalue weighted by Crippen LogP contribution is -2.67. The fraction of sp³-hybridized carbons (Fsp3) is 0.545. The van der Waals surface area contributed by atoms with Gasteiger partial charge in [0.05, 0.1) is 11.4 Å². The Hall–Kier alpha value is -4.27. The van der Waals surface area contributed by atoms with Crippen molar-refractivity contribution in [2.24, 2.45) is 5.92 Å². The van der Waals surface area contributed by atoms with Gasteiger partial charge in [0.2, 0.25) is 21.8 Å². The SMILES string of the molecule is C=CCCCCC[C@H](NC(=O)OC(C)(C)C)C(=O)N1C[C@H](O[Si](c2ccccc2)(c2ccccc2)C(C)(C)C)C[C@H]1C(=O)N[C@]1(C(=O)NS(=O)(=O)C2CC2)CC1C=C. The second-order valence-corrected chi connectivity index (χ2v) is 24.2. The molecule has 58 heavy (non-hydrogen) atoms. The van der Waals surface area contributed by atoms with Crippen LogP contribution in [-0.2, 0) is 33.6 Å². The van der Waals surface area contributed by atoms with E-state index < -0.39 is 87.7 Å². The summed E-state index contributed by atoms with van der Waals surface area (Å²) in [7, 11) is -7.08. The topological polar surface area (TPSA) is 160 Å². The van der Waals surface area contributed by atoms with Crippen LogP contribution in [0.25, 0.3) is 0 Å². The molecule has 0 spiro atoms.